The quantitative estimate of drug-likeness (QED) is 0.532. The van der Waals surface area contributed by atoms with Gasteiger partial charge < -0.3 is 15.2 Å². The van der Waals surface area contributed by atoms with E-state index in [9.17, 15) is 9.59 Å². The summed E-state index contributed by atoms with van der Waals surface area (Å²) in [6.07, 6.45) is 1.88. The van der Waals surface area contributed by atoms with Crippen molar-refractivity contribution in [2.24, 2.45) is 5.73 Å². The zero-order chi connectivity index (χ0) is 17.4. The van der Waals surface area contributed by atoms with Crippen LogP contribution in [0.25, 0.3) is 11.3 Å². The van der Waals surface area contributed by atoms with E-state index in [0.29, 0.717) is 36.6 Å². The van der Waals surface area contributed by atoms with Gasteiger partial charge in [-0.15, -0.1) is 0 Å². The van der Waals surface area contributed by atoms with E-state index in [2.05, 4.69) is 15.4 Å². The lowest BCUT2D eigenvalue weighted by molar-refractivity contribution is -0.143. The first-order valence-corrected chi connectivity index (χ1v) is 7.71. The molecule has 8 heteroatoms. The molecule has 0 aliphatic heterocycles. The molecule has 8 nitrogen and oxygen atoms in total. The van der Waals surface area contributed by atoms with Crippen LogP contribution in [0.3, 0.4) is 0 Å². The van der Waals surface area contributed by atoms with E-state index in [0.717, 1.165) is 12.8 Å². The summed E-state index contributed by atoms with van der Waals surface area (Å²) in [4.78, 5) is 22.4. The summed E-state index contributed by atoms with van der Waals surface area (Å²) in [6, 6.07) is 7.11. The van der Waals surface area contributed by atoms with Crippen molar-refractivity contribution in [3.8, 4) is 17.0 Å². The fourth-order valence-electron chi connectivity index (χ4n) is 2.11. The summed E-state index contributed by atoms with van der Waals surface area (Å²) in [6.45, 7) is 2.70. The lowest BCUT2D eigenvalue weighted by atomic mass is 10.1. The molecule has 0 aliphatic rings. The van der Waals surface area contributed by atoms with Crippen LogP contribution in [0.5, 0.6) is 5.75 Å². The number of ether oxygens (including phenoxy) is 2. The van der Waals surface area contributed by atoms with Gasteiger partial charge in [-0.25, -0.2) is 0 Å². The van der Waals surface area contributed by atoms with Gasteiger partial charge >= 0.3 is 5.97 Å². The average molecular weight is 332 g/mol. The van der Waals surface area contributed by atoms with Gasteiger partial charge in [-0.05, 0) is 44.0 Å². The number of nitrogens with two attached hydrogens (primary N) is 1. The van der Waals surface area contributed by atoms with Crippen LogP contribution >= 0.6 is 0 Å². The molecular formula is C16H20N4O4. The van der Waals surface area contributed by atoms with Crippen molar-refractivity contribution in [1.29, 1.82) is 0 Å². The highest BCUT2D eigenvalue weighted by Gasteiger charge is 2.14. The highest BCUT2D eigenvalue weighted by Crippen LogP contribution is 2.22. The molecule has 1 aromatic carbocycles. The lowest BCUT2D eigenvalue weighted by Crippen LogP contribution is -2.12. The number of hydrogen-bond donors (Lipinski definition) is 2. The summed E-state index contributed by atoms with van der Waals surface area (Å²) in [5.74, 6) is -0.126. The number of amides is 1. The van der Waals surface area contributed by atoms with E-state index in [-0.39, 0.29) is 11.7 Å². The largest absolute Gasteiger partial charge is 0.494 e. The predicted molar refractivity (Wildman–Crippen MR) is 86.3 cm³/mol. The number of H-pyrrole nitrogens is 1. The van der Waals surface area contributed by atoms with Gasteiger partial charge in [0.1, 0.15) is 11.4 Å². The van der Waals surface area contributed by atoms with E-state index < -0.39 is 5.91 Å². The Morgan fingerprint density at radius 2 is 1.92 bits per heavy atom. The molecule has 0 saturated carbocycles. The van der Waals surface area contributed by atoms with Crippen LogP contribution in [-0.2, 0) is 9.53 Å². The minimum Gasteiger partial charge on any atom is -0.494 e. The molecule has 1 amide bonds. The second-order valence-corrected chi connectivity index (χ2v) is 5.02. The molecule has 1 aromatic heterocycles. The first-order valence-electron chi connectivity index (χ1n) is 7.71. The van der Waals surface area contributed by atoms with Crippen molar-refractivity contribution in [3.63, 3.8) is 0 Å². The van der Waals surface area contributed by atoms with Crippen molar-refractivity contribution in [3.05, 3.63) is 30.0 Å². The smallest absolute Gasteiger partial charge is 0.305 e. The Bertz CT molecular complexity index is 682. The van der Waals surface area contributed by atoms with E-state index >= 15 is 0 Å². The molecule has 1 heterocycles. The highest BCUT2D eigenvalue weighted by molar-refractivity contribution is 5.96. The third kappa shape index (κ3) is 4.80. The minimum absolute atomic E-state index is 0.0997. The van der Waals surface area contributed by atoms with Gasteiger partial charge in [-0.2, -0.15) is 15.4 Å². The first kappa shape index (κ1) is 17.5. The number of aromatic nitrogens is 3. The first-order chi connectivity index (χ1) is 11.6. The SMILES string of the molecule is CCOC(=O)CCCCOc1ccc(-c2n[nH]nc2C(N)=O)cc1. The molecule has 2 rings (SSSR count). The molecule has 0 saturated heterocycles. The second-order valence-electron chi connectivity index (χ2n) is 5.02. The Hall–Kier alpha value is -2.90. The van der Waals surface area contributed by atoms with Crippen LogP contribution < -0.4 is 10.5 Å². The monoisotopic (exact) mass is 332 g/mol. The topological polar surface area (TPSA) is 120 Å². The van der Waals surface area contributed by atoms with Gasteiger partial charge in [-0.1, -0.05) is 0 Å². The van der Waals surface area contributed by atoms with Gasteiger partial charge in [0.05, 0.1) is 13.2 Å². The van der Waals surface area contributed by atoms with Crippen molar-refractivity contribution in [1.82, 2.24) is 15.4 Å². The number of nitrogens with one attached hydrogen (secondary N) is 1. The molecule has 128 valence electrons. The number of rotatable bonds is 9. The van der Waals surface area contributed by atoms with Crippen LogP contribution in [0.1, 0.15) is 36.7 Å². The summed E-state index contributed by atoms with van der Waals surface area (Å²) in [5, 5.41) is 10.1. The molecule has 0 unspecified atom stereocenters. The van der Waals surface area contributed by atoms with E-state index in [1.807, 2.05) is 0 Å². The van der Waals surface area contributed by atoms with E-state index in [4.69, 9.17) is 15.2 Å². The van der Waals surface area contributed by atoms with Crippen molar-refractivity contribution in [2.75, 3.05) is 13.2 Å². The standard InChI is InChI=1S/C16H20N4O4/c1-2-23-13(21)5-3-4-10-24-12-8-6-11(7-9-12)14-15(16(17)22)19-20-18-14/h6-9H,2-5,10H2,1H3,(H2,17,22)(H,18,19,20). The van der Waals surface area contributed by atoms with Crippen LogP contribution in [0.2, 0.25) is 0 Å². The van der Waals surface area contributed by atoms with Gasteiger partial charge in [0, 0.05) is 12.0 Å². The Kier molecular flexibility index (Phi) is 6.30. The van der Waals surface area contributed by atoms with Crippen LogP contribution in [0, 0.1) is 0 Å². The fourth-order valence-corrected chi connectivity index (χ4v) is 2.11. The summed E-state index contributed by atoms with van der Waals surface area (Å²) in [5.41, 5.74) is 6.46. The number of nitrogens with zero attached hydrogens (tertiary/aromatic N) is 2. The van der Waals surface area contributed by atoms with E-state index in [1.54, 1.807) is 31.2 Å². The number of carbonyl (C=O) groups is 2. The Morgan fingerprint density at radius 3 is 2.58 bits per heavy atom. The lowest BCUT2D eigenvalue weighted by Gasteiger charge is -2.07. The molecule has 0 aliphatic carbocycles. The van der Waals surface area contributed by atoms with Crippen molar-refractivity contribution < 1.29 is 19.1 Å². The molecule has 2 aromatic rings. The molecule has 0 radical (unpaired) electrons. The maximum Gasteiger partial charge on any atom is 0.305 e. The van der Waals surface area contributed by atoms with Gasteiger partial charge in [-0.3, -0.25) is 9.59 Å². The molecule has 24 heavy (non-hydrogen) atoms. The van der Waals surface area contributed by atoms with Gasteiger partial charge in [0.2, 0.25) is 0 Å². The zero-order valence-electron chi connectivity index (χ0n) is 13.4. The van der Waals surface area contributed by atoms with Crippen LogP contribution in [0.4, 0.5) is 0 Å². The number of carbonyl (C=O) groups excluding carboxylic acids is 2. The summed E-state index contributed by atoms with van der Waals surface area (Å²) in [7, 11) is 0. The number of esters is 1. The van der Waals surface area contributed by atoms with Crippen LogP contribution in [-0.4, -0.2) is 40.5 Å². The molecular weight excluding hydrogens is 312 g/mol. The highest BCUT2D eigenvalue weighted by atomic mass is 16.5. The average Bonchev–Trinajstić information content (AvgIpc) is 3.05. The number of hydrogen-bond acceptors (Lipinski definition) is 6. The van der Waals surface area contributed by atoms with Crippen molar-refractivity contribution >= 4 is 11.9 Å². The van der Waals surface area contributed by atoms with Gasteiger partial charge in [0.25, 0.3) is 5.91 Å². The normalized spacial score (nSPS) is 10.4. The van der Waals surface area contributed by atoms with E-state index in [1.165, 1.54) is 0 Å². The molecule has 0 fully saturated rings. The number of aromatic amines is 1. The maximum absolute atomic E-state index is 11.3. The summed E-state index contributed by atoms with van der Waals surface area (Å²) >= 11 is 0. The Labute approximate surface area is 139 Å². The number of benzene rings is 1. The third-order valence-electron chi connectivity index (χ3n) is 3.26. The van der Waals surface area contributed by atoms with Crippen molar-refractivity contribution in [2.45, 2.75) is 26.2 Å². The third-order valence-corrected chi connectivity index (χ3v) is 3.26. The fraction of sp³-hybridized carbons (Fsp3) is 0.375. The molecule has 0 spiro atoms. The molecule has 3 N–H and O–H groups in total. The Balaban J connectivity index is 1.81. The number of unbranched alkanes of at least 4 members (excludes halogenated alkanes) is 1. The summed E-state index contributed by atoms with van der Waals surface area (Å²) < 4.78 is 10.5. The van der Waals surface area contributed by atoms with Crippen LogP contribution in [0.15, 0.2) is 24.3 Å². The second kappa shape index (κ2) is 8.66. The minimum atomic E-state index is -0.638. The maximum atomic E-state index is 11.3. The van der Waals surface area contributed by atoms with Gasteiger partial charge in [0.15, 0.2) is 5.69 Å². The predicted octanol–water partition coefficient (Wildman–Crippen LogP) is 1.68. The zero-order valence-corrected chi connectivity index (χ0v) is 13.4. The number of primary amides is 1. The molecule has 0 atom stereocenters. The Morgan fingerprint density at radius 1 is 1.17 bits per heavy atom. The molecule has 0 bridgehead atoms.